The third-order valence-corrected chi connectivity index (χ3v) is 6.92. The molecule has 0 saturated carbocycles. The van der Waals surface area contributed by atoms with E-state index in [2.05, 4.69) is 22.8 Å². The standard InChI is InChI=1S/C35H32N4O5/c1-4-23-9-14-26(15-10-23)37-34(40)22-44-32-18-11-24(19-33(32)43-3)21-36-39-35(41)29-20-31(25-12-16-27(42-2)17-13-25)38-30-8-6-5-7-28(29)30/h5-21H,4,22H2,1-3H3,(H,37,40)(H,39,41)/b36-21+. The molecule has 0 aliphatic heterocycles. The highest BCUT2D eigenvalue weighted by Gasteiger charge is 2.14. The number of nitrogens with one attached hydrogen (secondary N) is 2. The first-order valence-electron chi connectivity index (χ1n) is 14.0. The summed E-state index contributed by atoms with van der Waals surface area (Å²) >= 11 is 0. The molecule has 9 heteroatoms. The molecule has 5 rings (SSSR count). The summed E-state index contributed by atoms with van der Waals surface area (Å²) in [5.74, 6) is 0.890. The van der Waals surface area contributed by atoms with Crippen LogP contribution in [0.5, 0.6) is 17.2 Å². The number of ether oxygens (including phenoxy) is 3. The van der Waals surface area contributed by atoms with Crippen molar-refractivity contribution in [2.45, 2.75) is 13.3 Å². The van der Waals surface area contributed by atoms with Gasteiger partial charge in [0.15, 0.2) is 18.1 Å². The first kappa shape index (κ1) is 29.8. The molecule has 9 nitrogen and oxygen atoms in total. The first-order valence-corrected chi connectivity index (χ1v) is 14.0. The van der Waals surface area contributed by atoms with Crippen molar-refractivity contribution in [2.75, 3.05) is 26.1 Å². The van der Waals surface area contributed by atoms with Gasteiger partial charge in [-0.2, -0.15) is 5.10 Å². The van der Waals surface area contributed by atoms with Crippen molar-refractivity contribution in [1.29, 1.82) is 0 Å². The summed E-state index contributed by atoms with van der Waals surface area (Å²) in [6.45, 7) is 1.89. The van der Waals surface area contributed by atoms with Gasteiger partial charge in [-0.15, -0.1) is 0 Å². The predicted octanol–water partition coefficient (Wildman–Crippen LogP) is 6.26. The summed E-state index contributed by atoms with van der Waals surface area (Å²) < 4.78 is 16.4. The van der Waals surface area contributed by atoms with Crippen LogP contribution in [0.15, 0.2) is 102 Å². The molecule has 222 valence electrons. The number of rotatable bonds is 11. The molecule has 0 spiro atoms. The number of hydrogen-bond donors (Lipinski definition) is 2. The van der Waals surface area contributed by atoms with Gasteiger partial charge in [0.05, 0.1) is 37.2 Å². The lowest BCUT2D eigenvalue weighted by Gasteiger charge is -2.12. The Bertz CT molecular complexity index is 1800. The first-order chi connectivity index (χ1) is 21.5. The average molecular weight is 589 g/mol. The van der Waals surface area contributed by atoms with Gasteiger partial charge >= 0.3 is 0 Å². The van der Waals surface area contributed by atoms with E-state index in [0.29, 0.717) is 44.9 Å². The monoisotopic (exact) mass is 588 g/mol. The number of fused-ring (bicyclic) bond motifs is 1. The number of methoxy groups -OCH3 is 2. The Kier molecular flexibility index (Phi) is 9.46. The van der Waals surface area contributed by atoms with Crippen molar-refractivity contribution in [3.05, 3.63) is 114 Å². The third-order valence-electron chi connectivity index (χ3n) is 6.92. The summed E-state index contributed by atoms with van der Waals surface area (Å²) in [7, 11) is 3.12. The van der Waals surface area contributed by atoms with Crippen molar-refractivity contribution in [2.24, 2.45) is 5.10 Å². The Morgan fingerprint density at radius 2 is 1.64 bits per heavy atom. The molecule has 44 heavy (non-hydrogen) atoms. The van der Waals surface area contributed by atoms with Crippen molar-refractivity contribution in [3.8, 4) is 28.5 Å². The van der Waals surface area contributed by atoms with Gasteiger partial charge in [-0.25, -0.2) is 10.4 Å². The number of hydrazone groups is 1. The van der Waals surface area contributed by atoms with Crippen LogP contribution in [0.2, 0.25) is 0 Å². The molecule has 2 amide bonds. The molecule has 0 atom stereocenters. The van der Waals surface area contributed by atoms with Crippen LogP contribution in [-0.2, 0) is 11.2 Å². The van der Waals surface area contributed by atoms with E-state index in [1.54, 1.807) is 31.4 Å². The van der Waals surface area contributed by atoms with Crippen LogP contribution in [-0.4, -0.2) is 43.8 Å². The number of carbonyl (C=O) groups is 2. The minimum atomic E-state index is -0.378. The van der Waals surface area contributed by atoms with Gasteiger partial charge in [0.1, 0.15) is 5.75 Å². The molecule has 0 bridgehead atoms. The van der Waals surface area contributed by atoms with Gasteiger partial charge in [-0.05, 0) is 84.3 Å². The lowest BCUT2D eigenvalue weighted by molar-refractivity contribution is -0.118. The van der Waals surface area contributed by atoms with Crippen molar-refractivity contribution >= 4 is 34.6 Å². The highest BCUT2D eigenvalue weighted by atomic mass is 16.5. The maximum absolute atomic E-state index is 13.3. The summed E-state index contributed by atoms with van der Waals surface area (Å²) in [5.41, 5.74) is 7.82. The number of aromatic nitrogens is 1. The molecule has 1 aromatic heterocycles. The van der Waals surface area contributed by atoms with E-state index in [9.17, 15) is 9.59 Å². The molecular weight excluding hydrogens is 556 g/mol. The van der Waals surface area contributed by atoms with E-state index in [1.807, 2.05) is 72.8 Å². The number of hydrogen-bond acceptors (Lipinski definition) is 7. The van der Waals surface area contributed by atoms with Crippen molar-refractivity contribution in [3.63, 3.8) is 0 Å². The quantitative estimate of drug-likeness (QED) is 0.139. The number of pyridine rings is 1. The summed E-state index contributed by atoms with van der Waals surface area (Å²) in [6.07, 6.45) is 2.43. The van der Waals surface area contributed by atoms with Gasteiger partial charge in [0.2, 0.25) is 0 Å². The lowest BCUT2D eigenvalue weighted by atomic mass is 10.0. The van der Waals surface area contributed by atoms with Crippen LogP contribution in [0.25, 0.3) is 22.2 Å². The maximum Gasteiger partial charge on any atom is 0.272 e. The second kappa shape index (κ2) is 14.0. The van der Waals surface area contributed by atoms with Gasteiger partial charge in [0.25, 0.3) is 11.8 Å². The van der Waals surface area contributed by atoms with E-state index in [0.717, 1.165) is 17.7 Å². The molecule has 2 N–H and O–H groups in total. The number of carbonyl (C=O) groups excluding carboxylic acids is 2. The zero-order valence-corrected chi connectivity index (χ0v) is 24.7. The number of aryl methyl sites for hydroxylation is 1. The minimum absolute atomic E-state index is 0.187. The van der Waals surface area contributed by atoms with Crippen LogP contribution in [0.4, 0.5) is 5.69 Å². The van der Waals surface area contributed by atoms with Gasteiger partial charge < -0.3 is 19.5 Å². The average Bonchev–Trinajstić information content (AvgIpc) is 3.07. The fraction of sp³-hybridized carbons (Fsp3) is 0.143. The zero-order chi connectivity index (χ0) is 30.9. The number of amides is 2. The van der Waals surface area contributed by atoms with Crippen molar-refractivity contribution in [1.82, 2.24) is 10.4 Å². The number of benzene rings is 4. The zero-order valence-electron chi connectivity index (χ0n) is 24.7. The highest BCUT2D eigenvalue weighted by Crippen LogP contribution is 2.28. The topological polar surface area (TPSA) is 111 Å². The number of anilines is 1. The largest absolute Gasteiger partial charge is 0.497 e. The summed E-state index contributed by atoms with van der Waals surface area (Å²) in [5, 5.41) is 7.69. The highest BCUT2D eigenvalue weighted by molar-refractivity contribution is 6.07. The molecule has 0 saturated heterocycles. The molecule has 4 aromatic carbocycles. The number of nitrogens with zero attached hydrogens (tertiary/aromatic N) is 2. The van der Waals surface area contributed by atoms with E-state index >= 15 is 0 Å². The molecule has 1 heterocycles. The molecule has 0 aliphatic rings. The van der Waals surface area contributed by atoms with Gasteiger partial charge in [-0.1, -0.05) is 37.3 Å². The summed E-state index contributed by atoms with van der Waals surface area (Å²) in [4.78, 5) is 30.4. The fourth-order valence-electron chi connectivity index (χ4n) is 4.55. The summed E-state index contributed by atoms with van der Waals surface area (Å²) in [6, 6.07) is 29.5. The second-order valence-electron chi connectivity index (χ2n) is 9.80. The van der Waals surface area contributed by atoms with Crippen LogP contribution >= 0.6 is 0 Å². The Morgan fingerprint density at radius 3 is 2.36 bits per heavy atom. The minimum Gasteiger partial charge on any atom is -0.497 e. The Labute approximate surface area is 255 Å². The predicted molar refractivity (Wildman–Crippen MR) is 172 cm³/mol. The van der Waals surface area contributed by atoms with E-state index in [-0.39, 0.29) is 18.4 Å². The second-order valence-corrected chi connectivity index (χ2v) is 9.80. The van der Waals surface area contributed by atoms with Crippen LogP contribution < -0.4 is 25.0 Å². The fourth-order valence-corrected chi connectivity index (χ4v) is 4.55. The molecule has 0 fully saturated rings. The smallest absolute Gasteiger partial charge is 0.272 e. The van der Waals surface area contributed by atoms with E-state index in [1.165, 1.54) is 18.9 Å². The Hall–Kier alpha value is -5.70. The molecule has 0 aliphatic carbocycles. The van der Waals surface area contributed by atoms with E-state index in [4.69, 9.17) is 19.2 Å². The SMILES string of the molecule is CCc1ccc(NC(=O)COc2ccc(/C=N/NC(=O)c3cc(-c4ccc(OC)cc4)nc4ccccc34)cc2OC)cc1. The number of para-hydroxylation sites is 1. The Balaban J connectivity index is 1.25. The van der Waals surface area contributed by atoms with Crippen LogP contribution in [0.3, 0.4) is 0 Å². The Morgan fingerprint density at radius 1 is 0.864 bits per heavy atom. The molecule has 5 aromatic rings. The lowest BCUT2D eigenvalue weighted by Crippen LogP contribution is -2.20. The van der Waals surface area contributed by atoms with Crippen LogP contribution in [0.1, 0.15) is 28.4 Å². The normalized spacial score (nSPS) is 10.9. The van der Waals surface area contributed by atoms with E-state index < -0.39 is 0 Å². The van der Waals surface area contributed by atoms with Crippen molar-refractivity contribution < 1.29 is 23.8 Å². The van der Waals surface area contributed by atoms with Gasteiger partial charge in [0, 0.05) is 16.6 Å². The maximum atomic E-state index is 13.3. The molecule has 0 unspecified atom stereocenters. The third kappa shape index (κ3) is 7.19. The molecular formula is C35H32N4O5. The van der Waals surface area contributed by atoms with Crippen LogP contribution in [0, 0.1) is 0 Å². The molecule has 0 radical (unpaired) electrons. The van der Waals surface area contributed by atoms with Gasteiger partial charge in [-0.3, -0.25) is 9.59 Å².